The van der Waals surface area contributed by atoms with E-state index in [0.29, 0.717) is 18.0 Å². The summed E-state index contributed by atoms with van der Waals surface area (Å²) in [5.41, 5.74) is 0.478. The number of hydrogen-bond acceptors (Lipinski definition) is 5. The summed E-state index contributed by atoms with van der Waals surface area (Å²) in [6.07, 6.45) is 1.65. The van der Waals surface area contributed by atoms with E-state index in [1.807, 2.05) is 6.92 Å². The Morgan fingerprint density at radius 3 is 2.94 bits per heavy atom. The lowest BCUT2D eigenvalue weighted by atomic mass is 10.2. The van der Waals surface area contributed by atoms with E-state index in [1.54, 1.807) is 25.3 Å². The molecule has 0 atom stereocenters. The monoisotopic (exact) mass is 237 g/mol. The van der Waals surface area contributed by atoms with Crippen molar-refractivity contribution in [1.82, 2.24) is 10.3 Å². The summed E-state index contributed by atoms with van der Waals surface area (Å²) < 4.78 is 4.96. The van der Waals surface area contributed by atoms with Crippen molar-refractivity contribution >= 4 is 11.8 Å². The Bertz CT molecular complexity index is 355. The van der Waals surface area contributed by atoms with Gasteiger partial charge in [-0.3, -0.25) is 0 Å². The second-order valence-corrected chi connectivity index (χ2v) is 3.40. The Hall–Kier alpha value is -1.62. The molecule has 1 aromatic rings. The van der Waals surface area contributed by atoms with Crippen LogP contribution in [-0.2, 0) is 4.74 Å². The predicted molar refractivity (Wildman–Crippen MR) is 67.2 cm³/mol. The maximum absolute atomic E-state index is 11.6. The van der Waals surface area contributed by atoms with E-state index < -0.39 is 0 Å². The maximum Gasteiger partial charge on any atom is 0.341 e. The minimum absolute atomic E-state index is 0.341. The first-order chi connectivity index (χ1) is 8.29. The van der Waals surface area contributed by atoms with Crippen molar-refractivity contribution in [3.63, 3.8) is 0 Å². The molecule has 0 fully saturated rings. The summed E-state index contributed by atoms with van der Waals surface area (Å²) in [6.45, 7) is 6.67. The average Bonchev–Trinajstić information content (AvgIpc) is 2.35. The fourth-order valence-corrected chi connectivity index (χ4v) is 1.37. The molecule has 0 aliphatic heterocycles. The minimum atomic E-state index is -0.341. The van der Waals surface area contributed by atoms with Crippen LogP contribution < -0.4 is 10.6 Å². The molecule has 1 aromatic heterocycles. The van der Waals surface area contributed by atoms with E-state index in [1.165, 1.54) is 0 Å². The van der Waals surface area contributed by atoms with E-state index >= 15 is 0 Å². The molecule has 0 aromatic carbocycles. The van der Waals surface area contributed by atoms with Gasteiger partial charge in [-0.2, -0.15) is 0 Å². The van der Waals surface area contributed by atoms with Crippen LogP contribution in [0.1, 0.15) is 24.2 Å². The van der Waals surface area contributed by atoms with Crippen LogP contribution in [0.15, 0.2) is 18.3 Å². The number of hydrogen-bond donors (Lipinski definition) is 2. The summed E-state index contributed by atoms with van der Waals surface area (Å²) >= 11 is 0. The van der Waals surface area contributed by atoms with Crippen LogP contribution in [-0.4, -0.2) is 37.2 Å². The highest BCUT2D eigenvalue weighted by molar-refractivity contribution is 5.94. The van der Waals surface area contributed by atoms with Crippen molar-refractivity contribution in [2.24, 2.45) is 0 Å². The van der Waals surface area contributed by atoms with Gasteiger partial charge in [0.15, 0.2) is 0 Å². The fraction of sp³-hybridized carbons (Fsp3) is 0.500. The summed E-state index contributed by atoms with van der Waals surface area (Å²) in [5.74, 6) is 0.232. The van der Waals surface area contributed by atoms with Gasteiger partial charge in [0.05, 0.1) is 6.61 Å². The molecule has 1 heterocycles. The summed E-state index contributed by atoms with van der Waals surface area (Å²) in [6, 6.07) is 3.43. The molecule has 0 aliphatic carbocycles. The number of carbonyl (C=O) groups is 1. The third kappa shape index (κ3) is 4.40. The molecule has 94 valence electrons. The molecule has 0 radical (unpaired) electrons. The number of pyridine rings is 1. The Balaban J connectivity index is 2.61. The summed E-state index contributed by atoms with van der Waals surface area (Å²) in [5, 5.41) is 6.30. The lowest BCUT2D eigenvalue weighted by molar-refractivity contribution is 0.0527. The van der Waals surface area contributed by atoms with Crippen molar-refractivity contribution in [2.75, 3.05) is 31.6 Å². The number of anilines is 1. The van der Waals surface area contributed by atoms with Crippen molar-refractivity contribution < 1.29 is 9.53 Å². The van der Waals surface area contributed by atoms with Crippen LogP contribution in [0, 0.1) is 0 Å². The Morgan fingerprint density at radius 2 is 2.24 bits per heavy atom. The van der Waals surface area contributed by atoms with E-state index in [0.717, 1.165) is 19.6 Å². The van der Waals surface area contributed by atoms with Crippen molar-refractivity contribution in [3.05, 3.63) is 23.9 Å². The van der Waals surface area contributed by atoms with Crippen LogP contribution >= 0.6 is 0 Å². The SMILES string of the molecule is CCNCCNc1ncccc1C(=O)OCC. The van der Waals surface area contributed by atoms with Crippen LogP contribution in [0.2, 0.25) is 0 Å². The summed E-state index contributed by atoms with van der Waals surface area (Å²) in [7, 11) is 0. The average molecular weight is 237 g/mol. The van der Waals surface area contributed by atoms with Crippen molar-refractivity contribution in [2.45, 2.75) is 13.8 Å². The van der Waals surface area contributed by atoms with Gasteiger partial charge in [0, 0.05) is 19.3 Å². The summed E-state index contributed by atoms with van der Waals surface area (Å²) in [4.78, 5) is 15.8. The Labute approximate surface area is 102 Å². The maximum atomic E-state index is 11.6. The number of ether oxygens (including phenoxy) is 1. The smallest absolute Gasteiger partial charge is 0.341 e. The van der Waals surface area contributed by atoms with E-state index in [-0.39, 0.29) is 5.97 Å². The number of nitrogens with zero attached hydrogens (tertiary/aromatic N) is 1. The zero-order chi connectivity index (χ0) is 12.5. The molecule has 0 saturated heterocycles. The van der Waals surface area contributed by atoms with Gasteiger partial charge in [-0.05, 0) is 25.6 Å². The van der Waals surface area contributed by atoms with Gasteiger partial charge in [-0.25, -0.2) is 9.78 Å². The molecule has 0 spiro atoms. The zero-order valence-electron chi connectivity index (χ0n) is 10.3. The first kappa shape index (κ1) is 13.4. The number of likely N-dealkylation sites (N-methyl/N-ethyl adjacent to an activating group) is 1. The van der Waals surface area contributed by atoms with E-state index in [9.17, 15) is 4.79 Å². The third-order valence-corrected chi connectivity index (χ3v) is 2.15. The standard InChI is InChI=1S/C12H19N3O2/c1-3-13-8-9-15-11-10(6-5-7-14-11)12(16)17-4-2/h5-7,13H,3-4,8-9H2,1-2H3,(H,14,15). The molecule has 0 amide bonds. The van der Waals surface area contributed by atoms with Crippen LogP contribution in [0.4, 0.5) is 5.82 Å². The van der Waals surface area contributed by atoms with E-state index in [2.05, 4.69) is 15.6 Å². The van der Waals surface area contributed by atoms with Gasteiger partial charge < -0.3 is 15.4 Å². The number of rotatable bonds is 7. The van der Waals surface area contributed by atoms with Gasteiger partial charge in [0.1, 0.15) is 11.4 Å². The largest absolute Gasteiger partial charge is 0.462 e. The normalized spacial score (nSPS) is 10.0. The molecule has 5 nitrogen and oxygen atoms in total. The zero-order valence-corrected chi connectivity index (χ0v) is 10.3. The van der Waals surface area contributed by atoms with Crippen LogP contribution in [0.5, 0.6) is 0 Å². The number of esters is 1. The lowest BCUT2D eigenvalue weighted by Gasteiger charge is -2.10. The molecule has 0 unspecified atom stereocenters. The van der Waals surface area contributed by atoms with Crippen LogP contribution in [0.25, 0.3) is 0 Å². The van der Waals surface area contributed by atoms with Gasteiger partial charge >= 0.3 is 5.97 Å². The molecular weight excluding hydrogens is 218 g/mol. The number of aromatic nitrogens is 1. The first-order valence-electron chi connectivity index (χ1n) is 5.86. The lowest BCUT2D eigenvalue weighted by Crippen LogP contribution is -2.23. The minimum Gasteiger partial charge on any atom is -0.462 e. The molecule has 1 rings (SSSR count). The molecule has 0 saturated carbocycles. The second-order valence-electron chi connectivity index (χ2n) is 3.40. The molecular formula is C12H19N3O2. The second kappa shape index (κ2) is 7.62. The van der Waals surface area contributed by atoms with Crippen LogP contribution in [0.3, 0.4) is 0 Å². The molecule has 2 N–H and O–H groups in total. The number of carbonyl (C=O) groups excluding carboxylic acids is 1. The molecule has 5 heteroatoms. The first-order valence-corrected chi connectivity index (χ1v) is 5.86. The quantitative estimate of drug-likeness (QED) is 0.552. The predicted octanol–water partition coefficient (Wildman–Crippen LogP) is 1.28. The molecule has 17 heavy (non-hydrogen) atoms. The highest BCUT2D eigenvalue weighted by Gasteiger charge is 2.12. The van der Waals surface area contributed by atoms with E-state index in [4.69, 9.17) is 4.74 Å². The van der Waals surface area contributed by atoms with Crippen molar-refractivity contribution in [1.29, 1.82) is 0 Å². The number of nitrogens with one attached hydrogen (secondary N) is 2. The highest BCUT2D eigenvalue weighted by Crippen LogP contribution is 2.12. The molecule has 0 bridgehead atoms. The third-order valence-electron chi connectivity index (χ3n) is 2.15. The van der Waals surface area contributed by atoms with Crippen molar-refractivity contribution in [3.8, 4) is 0 Å². The molecule has 0 aliphatic rings. The Kier molecular flexibility index (Phi) is 6.03. The topological polar surface area (TPSA) is 63.2 Å². The highest BCUT2D eigenvalue weighted by atomic mass is 16.5. The van der Waals surface area contributed by atoms with Gasteiger partial charge in [0.25, 0.3) is 0 Å². The van der Waals surface area contributed by atoms with Gasteiger partial charge in [-0.15, -0.1) is 0 Å². The fourth-order valence-electron chi connectivity index (χ4n) is 1.37. The van der Waals surface area contributed by atoms with Gasteiger partial charge in [0.2, 0.25) is 0 Å². The van der Waals surface area contributed by atoms with Gasteiger partial charge in [-0.1, -0.05) is 6.92 Å². The Morgan fingerprint density at radius 1 is 1.41 bits per heavy atom.